The zero-order valence-electron chi connectivity index (χ0n) is 13.0. The summed E-state index contributed by atoms with van der Waals surface area (Å²) in [7, 11) is 3.57. The Kier molecular flexibility index (Phi) is 9.43. The van der Waals surface area contributed by atoms with Crippen LogP contribution in [-0.2, 0) is 9.47 Å². The lowest BCUT2D eigenvalue weighted by Crippen LogP contribution is -2.44. The van der Waals surface area contributed by atoms with E-state index in [1.165, 1.54) is 25.7 Å². The summed E-state index contributed by atoms with van der Waals surface area (Å²) in [5, 5.41) is 3.58. The van der Waals surface area contributed by atoms with Gasteiger partial charge in [0.2, 0.25) is 0 Å². The van der Waals surface area contributed by atoms with Crippen LogP contribution in [0.1, 0.15) is 39.0 Å². The molecule has 0 atom stereocenters. The first kappa shape index (κ1) is 16.9. The standard InChI is InChI=1S/C15H32N2O2/c1-4-16-14-6-8-15(9-7-14)17(11-13-19-3)10-5-12-18-2/h14-16H,4-13H2,1-3H3. The average molecular weight is 272 g/mol. The number of nitrogens with one attached hydrogen (secondary N) is 1. The van der Waals surface area contributed by atoms with Crippen LogP contribution in [0.5, 0.6) is 0 Å². The fraction of sp³-hybridized carbons (Fsp3) is 1.00. The highest BCUT2D eigenvalue weighted by atomic mass is 16.5. The third-order valence-electron chi connectivity index (χ3n) is 4.08. The average Bonchev–Trinajstić information content (AvgIpc) is 2.44. The lowest BCUT2D eigenvalue weighted by atomic mass is 9.90. The van der Waals surface area contributed by atoms with Gasteiger partial charge in [-0.15, -0.1) is 0 Å². The Balaban J connectivity index is 2.33. The summed E-state index contributed by atoms with van der Waals surface area (Å²) in [5.41, 5.74) is 0. The number of ether oxygens (including phenoxy) is 2. The van der Waals surface area contributed by atoms with E-state index < -0.39 is 0 Å². The first-order valence-electron chi connectivity index (χ1n) is 7.77. The predicted molar refractivity (Wildman–Crippen MR) is 79.7 cm³/mol. The maximum absolute atomic E-state index is 5.24. The molecule has 4 nitrogen and oxygen atoms in total. The highest BCUT2D eigenvalue weighted by Crippen LogP contribution is 2.23. The van der Waals surface area contributed by atoms with Crippen LogP contribution in [0.4, 0.5) is 0 Å². The summed E-state index contributed by atoms with van der Waals surface area (Å²) in [6.07, 6.45) is 6.37. The van der Waals surface area contributed by atoms with E-state index in [9.17, 15) is 0 Å². The minimum absolute atomic E-state index is 0.738. The van der Waals surface area contributed by atoms with E-state index in [0.29, 0.717) is 0 Å². The van der Waals surface area contributed by atoms with Gasteiger partial charge in [0.15, 0.2) is 0 Å². The summed E-state index contributed by atoms with van der Waals surface area (Å²) in [4.78, 5) is 2.60. The summed E-state index contributed by atoms with van der Waals surface area (Å²) < 4.78 is 10.4. The molecule has 0 aliphatic heterocycles. The molecule has 0 heterocycles. The van der Waals surface area contributed by atoms with E-state index in [4.69, 9.17) is 9.47 Å². The zero-order valence-corrected chi connectivity index (χ0v) is 13.0. The minimum atomic E-state index is 0.738. The van der Waals surface area contributed by atoms with E-state index in [1.54, 1.807) is 14.2 Å². The van der Waals surface area contributed by atoms with Crippen LogP contribution in [0.2, 0.25) is 0 Å². The van der Waals surface area contributed by atoms with Gasteiger partial charge in [0.25, 0.3) is 0 Å². The number of methoxy groups -OCH3 is 2. The number of nitrogens with zero attached hydrogens (tertiary/aromatic N) is 1. The van der Waals surface area contributed by atoms with Crippen LogP contribution in [-0.4, -0.2) is 64.1 Å². The molecular weight excluding hydrogens is 240 g/mol. The van der Waals surface area contributed by atoms with Gasteiger partial charge in [0.05, 0.1) is 6.61 Å². The Morgan fingerprint density at radius 1 is 1.00 bits per heavy atom. The van der Waals surface area contributed by atoms with Crippen LogP contribution in [0.25, 0.3) is 0 Å². The molecule has 1 N–H and O–H groups in total. The Morgan fingerprint density at radius 3 is 2.26 bits per heavy atom. The summed E-state index contributed by atoms with van der Waals surface area (Å²) in [5.74, 6) is 0. The molecule has 0 aromatic carbocycles. The van der Waals surface area contributed by atoms with E-state index in [2.05, 4.69) is 17.1 Å². The maximum Gasteiger partial charge on any atom is 0.0589 e. The lowest BCUT2D eigenvalue weighted by Gasteiger charge is -2.37. The molecule has 0 aromatic heterocycles. The van der Waals surface area contributed by atoms with Crippen molar-refractivity contribution in [1.29, 1.82) is 0 Å². The van der Waals surface area contributed by atoms with E-state index in [-0.39, 0.29) is 0 Å². The molecule has 114 valence electrons. The molecule has 1 aliphatic rings. The Bertz CT molecular complexity index is 206. The summed E-state index contributed by atoms with van der Waals surface area (Å²) >= 11 is 0. The quantitative estimate of drug-likeness (QED) is 0.616. The topological polar surface area (TPSA) is 33.7 Å². The van der Waals surface area contributed by atoms with Gasteiger partial charge in [-0.2, -0.15) is 0 Å². The fourth-order valence-electron chi connectivity index (χ4n) is 3.03. The van der Waals surface area contributed by atoms with Crippen molar-refractivity contribution in [3.8, 4) is 0 Å². The number of hydrogen-bond donors (Lipinski definition) is 1. The first-order chi connectivity index (χ1) is 9.31. The normalized spacial score (nSPS) is 24.0. The Labute approximate surface area is 118 Å². The molecule has 1 rings (SSSR count). The van der Waals surface area contributed by atoms with Crippen molar-refractivity contribution in [2.75, 3.05) is 47.1 Å². The smallest absolute Gasteiger partial charge is 0.0589 e. The van der Waals surface area contributed by atoms with Crippen LogP contribution < -0.4 is 5.32 Å². The van der Waals surface area contributed by atoms with Crippen molar-refractivity contribution in [3.63, 3.8) is 0 Å². The molecule has 1 fully saturated rings. The zero-order chi connectivity index (χ0) is 13.9. The van der Waals surface area contributed by atoms with E-state index in [1.807, 2.05) is 0 Å². The minimum Gasteiger partial charge on any atom is -0.385 e. The van der Waals surface area contributed by atoms with Crippen molar-refractivity contribution in [3.05, 3.63) is 0 Å². The van der Waals surface area contributed by atoms with Gasteiger partial charge in [-0.3, -0.25) is 4.90 Å². The molecule has 19 heavy (non-hydrogen) atoms. The van der Waals surface area contributed by atoms with Crippen molar-refractivity contribution in [2.24, 2.45) is 0 Å². The van der Waals surface area contributed by atoms with Gasteiger partial charge in [0.1, 0.15) is 0 Å². The van der Waals surface area contributed by atoms with Gasteiger partial charge in [0, 0.05) is 46.0 Å². The van der Waals surface area contributed by atoms with Gasteiger partial charge >= 0.3 is 0 Å². The van der Waals surface area contributed by atoms with E-state index >= 15 is 0 Å². The van der Waals surface area contributed by atoms with Gasteiger partial charge in [-0.25, -0.2) is 0 Å². The molecule has 0 unspecified atom stereocenters. The third-order valence-corrected chi connectivity index (χ3v) is 4.08. The van der Waals surface area contributed by atoms with Crippen molar-refractivity contribution in [2.45, 2.75) is 51.1 Å². The molecule has 0 spiro atoms. The van der Waals surface area contributed by atoms with Crippen LogP contribution >= 0.6 is 0 Å². The highest BCUT2D eigenvalue weighted by Gasteiger charge is 2.24. The molecule has 4 heteroatoms. The van der Waals surface area contributed by atoms with Gasteiger partial charge < -0.3 is 14.8 Å². The number of rotatable bonds is 10. The SMILES string of the molecule is CCNC1CCC(N(CCCOC)CCOC)CC1. The molecule has 0 bridgehead atoms. The second-order valence-corrected chi connectivity index (χ2v) is 5.44. The Hall–Kier alpha value is -0.160. The first-order valence-corrected chi connectivity index (χ1v) is 7.77. The van der Waals surface area contributed by atoms with Gasteiger partial charge in [-0.1, -0.05) is 6.92 Å². The predicted octanol–water partition coefficient (Wildman–Crippen LogP) is 1.89. The molecule has 1 saturated carbocycles. The monoisotopic (exact) mass is 272 g/mol. The van der Waals surface area contributed by atoms with Gasteiger partial charge in [-0.05, 0) is 38.6 Å². The molecule has 0 amide bonds. The molecule has 1 aliphatic carbocycles. The molecule has 0 aromatic rings. The second kappa shape index (κ2) is 10.6. The van der Waals surface area contributed by atoms with Crippen molar-refractivity contribution < 1.29 is 9.47 Å². The summed E-state index contributed by atoms with van der Waals surface area (Å²) in [6, 6.07) is 1.48. The third kappa shape index (κ3) is 6.70. The fourth-order valence-corrected chi connectivity index (χ4v) is 3.03. The molecule has 0 saturated heterocycles. The highest BCUT2D eigenvalue weighted by molar-refractivity contribution is 4.82. The van der Waals surface area contributed by atoms with Crippen LogP contribution in [0.3, 0.4) is 0 Å². The molecular formula is C15H32N2O2. The van der Waals surface area contributed by atoms with Crippen molar-refractivity contribution >= 4 is 0 Å². The largest absolute Gasteiger partial charge is 0.385 e. The summed E-state index contributed by atoms with van der Waals surface area (Å²) in [6.45, 7) is 7.17. The van der Waals surface area contributed by atoms with Crippen molar-refractivity contribution in [1.82, 2.24) is 10.2 Å². The van der Waals surface area contributed by atoms with E-state index in [0.717, 1.165) is 51.4 Å². The Morgan fingerprint density at radius 2 is 1.68 bits per heavy atom. The second-order valence-electron chi connectivity index (χ2n) is 5.44. The van der Waals surface area contributed by atoms with Crippen LogP contribution in [0, 0.1) is 0 Å². The lowest BCUT2D eigenvalue weighted by molar-refractivity contribution is 0.0863. The molecule has 0 radical (unpaired) electrons. The maximum atomic E-state index is 5.24. The number of hydrogen-bond acceptors (Lipinski definition) is 4. The van der Waals surface area contributed by atoms with Crippen LogP contribution in [0.15, 0.2) is 0 Å².